The molecule has 4 nitrogen and oxygen atoms in total. The molecule has 0 radical (unpaired) electrons. The standard InChI is InChI=1S/C19H12Cl2N2O2S/c1-25-15-7-6-10(20)8-14(15)23-19(24)16-9-12-17(26-16)11-4-2-3-5-13(11)22-18(12)21/h2-9H,1H3,(H,23,24). The third-order valence-electron chi connectivity index (χ3n) is 3.96. The first kappa shape index (κ1) is 17.1. The first-order valence-electron chi connectivity index (χ1n) is 7.69. The zero-order chi connectivity index (χ0) is 18.3. The number of halogens is 2. The lowest BCUT2D eigenvalue weighted by Gasteiger charge is -2.09. The highest BCUT2D eigenvalue weighted by molar-refractivity contribution is 7.22. The molecule has 0 bridgehead atoms. The average molecular weight is 403 g/mol. The molecule has 130 valence electrons. The van der Waals surface area contributed by atoms with E-state index in [9.17, 15) is 4.79 Å². The zero-order valence-electron chi connectivity index (χ0n) is 13.5. The summed E-state index contributed by atoms with van der Waals surface area (Å²) >= 11 is 13.7. The number of amides is 1. The number of nitrogens with one attached hydrogen (secondary N) is 1. The van der Waals surface area contributed by atoms with Crippen molar-refractivity contribution < 1.29 is 9.53 Å². The molecule has 4 rings (SSSR count). The molecule has 0 fully saturated rings. The number of carbonyl (C=O) groups excluding carboxylic acids is 1. The van der Waals surface area contributed by atoms with Gasteiger partial charge in [-0.3, -0.25) is 4.79 Å². The van der Waals surface area contributed by atoms with Crippen LogP contribution < -0.4 is 10.1 Å². The van der Waals surface area contributed by atoms with Crippen LogP contribution in [0.3, 0.4) is 0 Å². The van der Waals surface area contributed by atoms with Gasteiger partial charge in [-0.05, 0) is 30.3 Å². The van der Waals surface area contributed by atoms with Gasteiger partial charge in [0.25, 0.3) is 5.91 Å². The summed E-state index contributed by atoms with van der Waals surface area (Å²) in [5, 5.41) is 5.47. The van der Waals surface area contributed by atoms with Crippen LogP contribution in [-0.4, -0.2) is 18.0 Å². The molecule has 0 atom stereocenters. The molecule has 2 heterocycles. The summed E-state index contributed by atoms with van der Waals surface area (Å²) in [7, 11) is 1.54. The normalized spacial score (nSPS) is 11.0. The Hall–Kier alpha value is -2.34. The first-order chi connectivity index (χ1) is 12.6. The first-order valence-corrected chi connectivity index (χ1v) is 9.27. The number of carbonyl (C=O) groups is 1. The van der Waals surface area contributed by atoms with E-state index in [-0.39, 0.29) is 5.91 Å². The molecule has 1 N–H and O–H groups in total. The monoisotopic (exact) mass is 402 g/mol. The molecule has 0 saturated carbocycles. The second-order valence-corrected chi connectivity index (χ2v) is 7.42. The van der Waals surface area contributed by atoms with Crippen molar-refractivity contribution in [1.29, 1.82) is 0 Å². The largest absolute Gasteiger partial charge is 0.495 e. The lowest BCUT2D eigenvalue weighted by Crippen LogP contribution is -2.11. The molecule has 0 spiro atoms. The maximum Gasteiger partial charge on any atom is 0.265 e. The van der Waals surface area contributed by atoms with E-state index in [4.69, 9.17) is 27.9 Å². The van der Waals surface area contributed by atoms with Crippen LogP contribution >= 0.6 is 34.5 Å². The second kappa shape index (κ2) is 6.76. The van der Waals surface area contributed by atoms with E-state index >= 15 is 0 Å². The molecule has 0 aliphatic carbocycles. The van der Waals surface area contributed by atoms with Crippen molar-refractivity contribution >= 4 is 67.1 Å². The number of methoxy groups -OCH3 is 1. The zero-order valence-corrected chi connectivity index (χ0v) is 15.9. The van der Waals surface area contributed by atoms with Crippen LogP contribution in [0.15, 0.2) is 48.5 Å². The number of thiophene rings is 1. The van der Waals surface area contributed by atoms with Crippen LogP contribution in [0.5, 0.6) is 5.75 Å². The van der Waals surface area contributed by atoms with Gasteiger partial charge in [-0.2, -0.15) is 0 Å². The SMILES string of the molecule is COc1ccc(Cl)cc1NC(=O)c1cc2c(Cl)nc3ccccc3c2s1. The van der Waals surface area contributed by atoms with E-state index in [0.29, 0.717) is 26.5 Å². The number of para-hydroxylation sites is 1. The minimum atomic E-state index is -0.257. The number of benzene rings is 2. The summed E-state index contributed by atoms with van der Waals surface area (Å²) < 4.78 is 6.21. The molecule has 0 saturated heterocycles. The third kappa shape index (κ3) is 2.98. The summed E-state index contributed by atoms with van der Waals surface area (Å²) in [6.07, 6.45) is 0. The van der Waals surface area contributed by atoms with Crippen molar-refractivity contribution in [3.8, 4) is 5.75 Å². The van der Waals surface area contributed by atoms with E-state index in [0.717, 1.165) is 21.0 Å². The van der Waals surface area contributed by atoms with Gasteiger partial charge in [0.2, 0.25) is 0 Å². The lowest BCUT2D eigenvalue weighted by atomic mass is 10.2. The fourth-order valence-corrected chi connectivity index (χ4v) is 4.30. The molecule has 0 aliphatic rings. The highest BCUT2D eigenvalue weighted by Crippen LogP contribution is 2.36. The summed E-state index contributed by atoms with van der Waals surface area (Å²) in [5.41, 5.74) is 1.31. The Morgan fingerprint density at radius 1 is 1.12 bits per heavy atom. The van der Waals surface area contributed by atoms with Crippen LogP contribution in [0.1, 0.15) is 9.67 Å². The molecule has 26 heavy (non-hydrogen) atoms. The molecule has 0 aliphatic heterocycles. The van der Waals surface area contributed by atoms with Crippen LogP contribution in [0.2, 0.25) is 10.2 Å². The average Bonchev–Trinajstić information content (AvgIpc) is 3.08. The van der Waals surface area contributed by atoms with Crippen LogP contribution in [0.4, 0.5) is 5.69 Å². The van der Waals surface area contributed by atoms with Crippen molar-refractivity contribution in [1.82, 2.24) is 4.98 Å². The predicted octanol–water partition coefficient (Wildman–Crippen LogP) is 6.02. The Labute approximate surface area is 163 Å². The third-order valence-corrected chi connectivity index (χ3v) is 5.65. The highest BCUT2D eigenvalue weighted by atomic mass is 35.5. The molecular weight excluding hydrogens is 391 g/mol. The minimum Gasteiger partial charge on any atom is -0.495 e. The number of nitrogens with zero attached hydrogens (tertiary/aromatic N) is 1. The maximum atomic E-state index is 12.7. The van der Waals surface area contributed by atoms with E-state index in [1.165, 1.54) is 18.4 Å². The van der Waals surface area contributed by atoms with Gasteiger partial charge in [0.05, 0.1) is 23.2 Å². The Bertz CT molecular complexity index is 1160. The van der Waals surface area contributed by atoms with Crippen molar-refractivity contribution in [3.05, 3.63) is 63.6 Å². The van der Waals surface area contributed by atoms with Crippen LogP contribution in [0, 0.1) is 0 Å². The molecular formula is C19H12Cl2N2O2S. The predicted molar refractivity (Wildman–Crippen MR) is 108 cm³/mol. The van der Waals surface area contributed by atoms with Crippen molar-refractivity contribution in [3.63, 3.8) is 0 Å². The van der Waals surface area contributed by atoms with Crippen LogP contribution in [-0.2, 0) is 0 Å². The van der Waals surface area contributed by atoms with Gasteiger partial charge in [0.1, 0.15) is 10.9 Å². The maximum absolute atomic E-state index is 12.7. The fourth-order valence-electron chi connectivity index (χ4n) is 2.75. The van der Waals surface area contributed by atoms with Crippen molar-refractivity contribution in [2.45, 2.75) is 0 Å². The Morgan fingerprint density at radius 3 is 2.73 bits per heavy atom. The number of hydrogen-bond donors (Lipinski definition) is 1. The van der Waals surface area contributed by atoms with Gasteiger partial charge in [-0.25, -0.2) is 4.98 Å². The molecule has 2 aromatic carbocycles. The highest BCUT2D eigenvalue weighted by Gasteiger charge is 2.17. The van der Waals surface area contributed by atoms with Gasteiger partial charge >= 0.3 is 0 Å². The summed E-state index contributed by atoms with van der Waals surface area (Å²) in [5.74, 6) is 0.279. The number of anilines is 1. The lowest BCUT2D eigenvalue weighted by molar-refractivity contribution is 0.103. The minimum absolute atomic E-state index is 0.257. The Balaban J connectivity index is 1.77. The number of pyridine rings is 1. The number of ether oxygens (including phenoxy) is 1. The fraction of sp³-hybridized carbons (Fsp3) is 0.0526. The van der Waals surface area contributed by atoms with E-state index in [1.54, 1.807) is 24.3 Å². The molecule has 2 aromatic heterocycles. The van der Waals surface area contributed by atoms with Gasteiger partial charge in [0.15, 0.2) is 0 Å². The van der Waals surface area contributed by atoms with E-state index < -0.39 is 0 Å². The second-order valence-electron chi connectivity index (χ2n) is 5.57. The van der Waals surface area contributed by atoms with Crippen molar-refractivity contribution in [2.24, 2.45) is 0 Å². The number of hydrogen-bond acceptors (Lipinski definition) is 4. The van der Waals surface area contributed by atoms with Gasteiger partial charge < -0.3 is 10.1 Å². The van der Waals surface area contributed by atoms with Gasteiger partial charge in [-0.15, -0.1) is 11.3 Å². The molecule has 0 unspecified atom stereocenters. The van der Waals surface area contributed by atoms with Gasteiger partial charge in [-0.1, -0.05) is 41.4 Å². The summed E-state index contributed by atoms with van der Waals surface area (Å²) in [4.78, 5) is 17.7. The Kier molecular flexibility index (Phi) is 4.44. The molecule has 7 heteroatoms. The summed E-state index contributed by atoms with van der Waals surface area (Å²) in [6.45, 7) is 0. The topological polar surface area (TPSA) is 51.2 Å². The number of rotatable bonds is 3. The smallest absolute Gasteiger partial charge is 0.265 e. The molecule has 1 amide bonds. The van der Waals surface area contributed by atoms with Crippen LogP contribution in [0.25, 0.3) is 21.0 Å². The number of aromatic nitrogens is 1. The van der Waals surface area contributed by atoms with E-state index in [1.807, 2.05) is 24.3 Å². The molecule has 4 aromatic rings. The quantitative estimate of drug-likeness (QED) is 0.426. The summed E-state index contributed by atoms with van der Waals surface area (Å²) in [6, 6.07) is 14.5. The Morgan fingerprint density at radius 2 is 1.92 bits per heavy atom. The van der Waals surface area contributed by atoms with Gasteiger partial charge in [0, 0.05) is 20.5 Å². The number of fused-ring (bicyclic) bond motifs is 3. The van der Waals surface area contributed by atoms with E-state index in [2.05, 4.69) is 10.3 Å². The van der Waals surface area contributed by atoms with Crippen molar-refractivity contribution in [2.75, 3.05) is 12.4 Å².